The van der Waals surface area contributed by atoms with Gasteiger partial charge in [0.25, 0.3) is 0 Å². The van der Waals surface area contributed by atoms with Crippen molar-refractivity contribution < 1.29 is 13.9 Å². The normalized spacial score (nSPS) is 16.3. The van der Waals surface area contributed by atoms with Gasteiger partial charge >= 0.3 is 6.09 Å². The van der Waals surface area contributed by atoms with Gasteiger partial charge in [0.2, 0.25) is 11.8 Å². The molecule has 2 heterocycles. The van der Waals surface area contributed by atoms with Crippen LogP contribution in [-0.2, 0) is 4.74 Å². The number of benzene rings is 2. The largest absolute Gasteiger partial charge is 0.444 e. The predicted octanol–water partition coefficient (Wildman–Crippen LogP) is 7.69. The van der Waals surface area contributed by atoms with Crippen LogP contribution in [0.2, 0.25) is 0 Å². The van der Waals surface area contributed by atoms with Crippen LogP contribution in [-0.4, -0.2) is 39.9 Å². The molecule has 0 saturated carbocycles. The van der Waals surface area contributed by atoms with Crippen molar-refractivity contribution >= 4 is 17.2 Å². The lowest BCUT2D eigenvalue weighted by molar-refractivity contribution is 0.0270. The Labute approximate surface area is 219 Å². The molecule has 1 aliphatic heterocycles. The molecule has 6 nitrogen and oxygen atoms in total. The van der Waals surface area contributed by atoms with Gasteiger partial charge in [-0.1, -0.05) is 36.4 Å². The summed E-state index contributed by atoms with van der Waals surface area (Å²) in [7, 11) is 0. The summed E-state index contributed by atoms with van der Waals surface area (Å²) in [5.74, 6) is 1.05. The molecule has 6 heteroatoms. The summed E-state index contributed by atoms with van der Waals surface area (Å²) < 4.78 is 11.6. The Hall–Kier alpha value is -3.67. The molecule has 5 rings (SSSR count). The number of hydrogen-bond acceptors (Lipinski definition) is 5. The van der Waals surface area contributed by atoms with Gasteiger partial charge in [-0.3, -0.25) is 0 Å². The molecule has 0 atom stereocenters. The highest BCUT2D eigenvalue weighted by atomic mass is 16.6. The second-order valence-electron chi connectivity index (χ2n) is 10.9. The van der Waals surface area contributed by atoms with Crippen molar-refractivity contribution in [2.45, 2.75) is 65.4 Å². The monoisotopic (exact) mass is 497 g/mol. The van der Waals surface area contributed by atoms with Crippen LogP contribution in [0.1, 0.15) is 69.6 Å². The average molecular weight is 498 g/mol. The lowest BCUT2D eigenvalue weighted by Gasteiger charge is -2.29. The molecule has 2 aromatic carbocycles. The number of hydrogen-bond donors (Lipinski definition) is 0. The SMILES string of the molecule is Cc1cc(C2=CCN(C(=O)OC(C)(C)C)CC2)ccc1-c1nnc(-c2ccc(C3=CCCCC3)cc2)o1. The molecule has 0 unspecified atom stereocenters. The highest BCUT2D eigenvalue weighted by molar-refractivity contribution is 5.75. The van der Waals surface area contributed by atoms with Gasteiger partial charge in [-0.25, -0.2) is 4.79 Å². The summed E-state index contributed by atoms with van der Waals surface area (Å²) in [5.41, 5.74) is 7.53. The minimum Gasteiger partial charge on any atom is -0.444 e. The van der Waals surface area contributed by atoms with Gasteiger partial charge < -0.3 is 14.1 Å². The number of allylic oxidation sites excluding steroid dienone is 2. The van der Waals surface area contributed by atoms with Crippen LogP contribution < -0.4 is 0 Å². The number of carbonyl (C=O) groups excluding carboxylic acids is 1. The number of carbonyl (C=O) groups is 1. The Balaban J connectivity index is 1.28. The zero-order chi connectivity index (χ0) is 26.0. The number of nitrogens with zero attached hydrogens (tertiary/aromatic N) is 3. The summed E-state index contributed by atoms with van der Waals surface area (Å²) in [5, 5.41) is 8.65. The molecule has 3 aromatic rings. The van der Waals surface area contributed by atoms with Gasteiger partial charge in [0, 0.05) is 24.2 Å². The van der Waals surface area contributed by atoms with E-state index in [0.29, 0.717) is 24.9 Å². The van der Waals surface area contributed by atoms with Crippen molar-refractivity contribution in [3.63, 3.8) is 0 Å². The van der Waals surface area contributed by atoms with Crippen LogP contribution in [0, 0.1) is 6.92 Å². The first-order valence-electron chi connectivity index (χ1n) is 13.2. The third kappa shape index (κ3) is 5.85. The molecule has 192 valence electrons. The first-order chi connectivity index (χ1) is 17.8. The second-order valence-corrected chi connectivity index (χ2v) is 10.9. The smallest absolute Gasteiger partial charge is 0.410 e. The van der Waals surface area contributed by atoms with Crippen LogP contribution in [0.3, 0.4) is 0 Å². The van der Waals surface area contributed by atoms with Crippen molar-refractivity contribution in [3.8, 4) is 22.9 Å². The van der Waals surface area contributed by atoms with Gasteiger partial charge in [0.1, 0.15) is 5.60 Å². The second kappa shape index (κ2) is 10.4. The summed E-state index contributed by atoms with van der Waals surface area (Å²) >= 11 is 0. The zero-order valence-corrected chi connectivity index (χ0v) is 22.2. The highest BCUT2D eigenvalue weighted by Gasteiger charge is 2.24. The minimum absolute atomic E-state index is 0.262. The standard InChI is InChI=1S/C31H35N3O3/c1-21-20-26(24-16-18-34(19-17-24)30(35)37-31(2,3)4)14-15-27(21)29-33-32-28(36-29)25-12-10-23(11-13-25)22-8-6-5-7-9-22/h8,10-16,20H,5-7,9,17-19H2,1-4H3. The summed E-state index contributed by atoms with van der Waals surface area (Å²) in [6, 6.07) is 14.7. The first-order valence-corrected chi connectivity index (χ1v) is 13.2. The van der Waals surface area contributed by atoms with E-state index in [1.807, 2.05) is 26.8 Å². The summed E-state index contributed by atoms with van der Waals surface area (Å²) in [4.78, 5) is 14.1. The van der Waals surface area contributed by atoms with Crippen LogP contribution >= 0.6 is 0 Å². The molecule has 0 fully saturated rings. The highest BCUT2D eigenvalue weighted by Crippen LogP contribution is 2.32. The van der Waals surface area contributed by atoms with Gasteiger partial charge in [-0.15, -0.1) is 10.2 Å². The predicted molar refractivity (Wildman–Crippen MR) is 147 cm³/mol. The number of amides is 1. The molecule has 1 amide bonds. The molecule has 1 aliphatic carbocycles. The Bertz CT molecular complexity index is 1340. The van der Waals surface area contributed by atoms with Gasteiger partial charge in [-0.05, 0) is 106 Å². The number of rotatable bonds is 4. The maximum absolute atomic E-state index is 12.4. The van der Waals surface area contributed by atoms with E-state index in [-0.39, 0.29) is 6.09 Å². The Morgan fingerprint density at radius 2 is 1.59 bits per heavy atom. The molecule has 0 radical (unpaired) electrons. The molecule has 2 aliphatic rings. The van der Waals surface area contributed by atoms with E-state index in [0.717, 1.165) is 35.1 Å². The Morgan fingerprint density at radius 1 is 0.892 bits per heavy atom. The molecule has 0 saturated heterocycles. The van der Waals surface area contributed by atoms with E-state index in [4.69, 9.17) is 9.15 Å². The maximum Gasteiger partial charge on any atom is 0.410 e. The number of ether oxygens (including phenoxy) is 1. The molecule has 37 heavy (non-hydrogen) atoms. The van der Waals surface area contributed by atoms with E-state index in [9.17, 15) is 4.79 Å². The number of aromatic nitrogens is 2. The van der Waals surface area contributed by atoms with Gasteiger partial charge in [-0.2, -0.15) is 0 Å². The van der Waals surface area contributed by atoms with Gasteiger partial charge in [0.15, 0.2) is 0 Å². The molecule has 0 spiro atoms. The summed E-state index contributed by atoms with van der Waals surface area (Å²) in [6.07, 6.45) is 9.87. The molecule has 1 aromatic heterocycles. The topological polar surface area (TPSA) is 68.5 Å². The van der Waals surface area contributed by atoms with Crippen molar-refractivity contribution in [2.75, 3.05) is 13.1 Å². The fourth-order valence-electron chi connectivity index (χ4n) is 4.90. The van der Waals surface area contributed by atoms with Crippen LogP contribution in [0.25, 0.3) is 34.1 Å². The molecular weight excluding hydrogens is 462 g/mol. The van der Waals surface area contributed by atoms with Crippen LogP contribution in [0.4, 0.5) is 4.79 Å². The number of aryl methyl sites for hydroxylation is 1. The van der Waals surface area contributed by atoms with E-state index in [1.54, 1.807) is 4.90 Å². The molecular formula is C31H35N3O3. The van der Waals surface area contributed by atoms with Crippen LogP contribution in [0.15, 0.2) is 59.0 Å². The maximum atomic E-state index is 12.4. The first kappa shape index (κ1) is 25.0. The van der Waals surface area contributed by atoms with Crippen molar-refractivity contribution in [1.82, 2.24) is 15.1 Å². The fraction of sp³-hybridized carbons (Fsp3) is 0.387. The van der Waals surface area contributed by atoms with Crippen molar-refractivity contribution in [3.05, 3.63) is 71.3 Å². The summed E-state index contributed by atoms with van der Waals surface area (Å²) in [6.45, 7) is 8.92. The third-order valence-electron chi connectivity index (χ3n) is 6.91. The van der Waals surface area contributed by atoms with E-state index in [1.165, 1.54) is 36.0 Å². The Kier molecular flexibility index (Phi) is 7.00. The molecule has 0 N–H and O–H groups in total. The van der Waals surface area contributed by atoms with Crippen molar-refractivity contribution in [2.24, 2.45) is 0 Å². The van der Waals surface area contributed by atoms with E-state index >= 15 is 0 Å². The van der Waals surface area contributed by atoms with E-state index in [2.05, 4.69) is 65.7 Å². The lowest BCUT2D eigenvalue weighted by Crippen LogP contribution is -2.39. The van der Waals surface area contributed by atoms with E-state index < -0.39 is 5.60 Å². The molecule has 0 bridgehead atoms. The zero-order valence-electron chi connectivity index (χ0n) is 22.2. The quantitative estimate of drug-likeness (QED) is 0.369. The average Bonchev–Trinajstić information content (AvgIpc) is 3.38. The Morgan fingerprint density at radius 3 is 2.24 bits per heavy atom. The lowest BCUT2D eigenvalue weighted by atomic mass is 9.93. The third-order valence-corrected chi connectivity index (χ3v) is 6.91. The van der Waals surface area contributed by atoms with Crippen molar-refractivity contribution in [1.29, 1.82) is 0 Å². The minimum atomic E-state index is -0.487. The van der Waals surface area contributed by atoms with Gasteiger partial charge in [0.05, 0.1) is 0 Å². The van der Waals surface area contributed by atoms with Crippen LogP contribution in [0.5, 0.6) is 0 Å². The fourth-order valence-corrected chi connectivity index (χ4v) is 4.90.